The van der Waals surface area contributed by atoms with E-state index in [-0.39, 0.29) is 85.2 Å². The van der Waals surface area contributed by atoms with E-state index in [1.54, 1.807) is 6.92 Å². The topological polar surface area (TPSA) is 247 Å². The second-order valence-corrected chi connectivity index (χ2v) is 10.6. The minimum Gasteiger partial charge on any atom is -0.418 e. The molecule has 2 aromatic carbocycles. The molecule has 1 unspecified atom stereocenters. The van der Waals surface area contributed by atoms with Gasteiger partial charge in [-0.1, -0.05) is 6.58 Å². The number of hydrogen-bond donors (Lipinski definition) is 1. The minimum absolute atomic E-state index is 0.00869. The molecule has 0 saturated heterocycles. The van der Waals surface area contributed by atoms with E-state index in [1.165, 1.54) is 43.1 Å². The Morgan fingerprint density at radius 3 is 2.29 bits per heavy atom. The van der Waals surface area contributed by atoms with Crippen LogP contribution in [-0.4, -0.2) is 32.8 Å². The zero-order chi connectivity index (χ0) is 34.5. The van der Waals surface area contributed by atoms with Crippen LogP contribution in [0.2, 0.25) is 0 Å². The molecule has 18 nitrogen and oxygen atoms in total. The fraction of sp³-hybridized carbons (Fsp3) is 0.167. The van der Waals surface area contributed by atoms with Crippen LogP contribution in [0, 0.1) is 49.8 Å². The number of fused-ring (bicyclic) bond motifs is 3. The molecule has 3 aliphatic rings. The lowest BCUT2D eigenvalue weighted by molar-refractivity contribution is -0.385. The molecule has 0 bridgehead atoms. The summed E-state index contributed by atoms with van der Waals surface area (Å²) < 4.78 is 19.4. The van der Waals surface area contributed by atoms with Gasteiger partial charge in [0.15, 0.2) is 17.1 Å². The van der Waals surface area contributed by atoms with E-state index in [0.29, 0.717) is 0 Å². The highest BCUT2D eigenvalue weighted by Gasteiger charge is 2.46. The zero-order valence-corrected chi connectivity index (χ0v) is 25.2. The third kappa shape index (κ3) is 5.04. The smallest absolute Gasteiger partial charge is 0.418 e. The largest absolute Gasteiger partial charge is 0.423 e. The number of aromatic nitrogens is 1. The van der Waals surface area contributed by atoms with Crippen molar-refractivity contribution in [1.82, 2.24) is 9.88 Å². The number of aromatic amines is 1. The Labute approximate surface area is 269 Å². The number of allylic oxidation sites excluding steroid dienone is 2. The second kappa shape index (κ2) is 11.3. The molecular weight excluding hydrogens is 628 g/mol. The molecule has 1 N–H and O–H groups in total. The maximum Gasteiger partial charge on any atom is 0.423 e. The van der Waals surface area contributed by atoms with Gasteiger partial charge in [0.05, 0.1) is 33.2 Å². The average Bonchev–Trinajstić information content (AvgIpc) is 3.15. The molecule has 1 spiro atoms. The summed E-state index contributed by atoms with van der Waals surface area (Å²) >= 11 is 0. The van der Waals surface area contributed by atoms with E-state index < -0.39 is 27.8 Å². The van der Waals surface area contributed by atoms with E-state index >= 15 is 0 Å². The van der Waals surface area contributed by atoms with Gasteiger partial charge < -0.3 is 19.1 Å². The SMILES string of the molecule is C=C1C(C#N)=C(C)C2=C(OC3(Cc4ccc([N+](=O)[O-])cc4N=N2)Oc2ccc([N+](=O)[O-])cc2N=Nc2c([nH]c(=O)c(C#N)c2C)O3)N1C. The maximum atomic E-state index is 13.0. The van der Waals surface area contributed by atoms with Gasteiger partial charge in [0.2, 0.25) is 11.8 Å². The average molecular weight is 649 g/mol. The summed E-state index contributed by atoms with van der Waals surface area (Å²) in [5.41, 5.74) is -1.11. The number of nitrogens with one attached hydrogen (secondary N) is 1. The van der Waals surface area contributed by atoms with Crippen molar-refractivity contribution < 1.29 is 24.1 Å². The number of nitrogens with zero attached hydrogens (tertiary/aromatic N) is 9. The summed E-state index contributed by atoms with van der Waals surface area (Å²) in [6.45, 7) is 7.00. The summed E-state index contributed by atoms with van der Waals surface area (Å²) in [6, 6.07) is 11.1. The quantitative estimate of drug-likeness (QED) is 0.248. The molecule has 1 aromatic heterocycles. The number of pyridine rings is 1. The van der Waals surface area contributed by atoms with E-state index in [4.69, 9.17) is 14.2 Å². The maximum absolute atomic E-state index is 13.0. The number of benzene rings is 2. The van der Waals surface area contributed by atoms with E-state index in [9.17, 15) is 35.5 Å². The monoisotopic (exact) mass is 648 g/mol. The first-order valence-corrected chi connectivity index (χ1v) is 13.8. The lowest BCUT2D eigenvalue weighted by atomic mass is 10.0. The minimum atomic E-state index is -2.39. The van der Waals surface area contributed by atoms with Gasteiger partial charge in [-0.25, -0.2) is 0 Å². The van der Waals surface area contributed by atoms with Crippen molar-refractivity contribution in [3.63, 3.8) is 0 Å². The Bertz CT molecular complexity index is 2270. The van der Waals surface area contributed by atoms with Gasteiger partial charge >= 0.3 is 5.97 Å². The predicted octanol–water partition coefficient (Wildman–Crippen LogP) is 6.04. The molecule has 0 radical (unpaired) electrons. The highest BCUT2D eigenvalue weighted by atomic mass is 16.9. The van der Waals surface area contributed by atoms with Gasteiger partial charge in [0.1, 0.15) is 23.4 Å². The van der Waals surface area contributed by atoms with Gasteiger partial charge in [0, 0.05) is 42.4 Å². The van der Waals surface area contributed by atoms with Gasteiger partial charge in [-0.15, -0.1) is 20.5 Å². The molecule has 3 aromatic rings. The number of non-ortho nitro benzene ring substituents is 2. The van der Waals surface area contributed by atoms with Crippen molar-refractivity contribution in [2.75, 3.05) is 7.05 Å². The molecular formula is C30H20N10O8. The number of H-pyrrole nitrogens is 1. The molecule has 0 fully saturated rings. The molecule has 48 heavy (non-hydrogen) atoms. The van der Waals surface area contributed by atoms with Gasteiger partial charge in [0.25, 0.3) is 16.9 Å². The van der Waals surface area contributed by atoms with E-state index in [1.807, 2.05) is 6.07 Å². The van der Waals surface area contributed by atoms with Crippen LogP contribution < -0.4 is 15.0 Å². The summed E-state index contributed by atoms with van der Waals surface area (Å²) in [5, 5.41) is 59.9. The Morgan fingerprint density at radius 1 is 0.958 bits per heavy atom. The number of hydrogen-bond acceptors (Lipinski definition) is 15. The van der Waals surface area contributed by atoms with Gasteiger partial charge in [-0.2, -0.15) is 10.5 Å². The summed E-state index contributed by atoms with van der Waals surface area (Å²) in [7, 11) is 1.52. The third-order valence-corrected chi connectivity index (χ3v) is 7.68. The Balaban J connectivity index is 1.70. The number of rotatable bonds is 2. The van der Waals surface area contributed by atoms with E-state index in [2.05, 4.69) is 38.1 Å². The molecule has 0 saturated carbocycles. The zero-order valence-electron chi connectivity index (χ0n) is 25.2. The normalized spacial score (nSPS) is 18.0. The van der Waals surface area contributed by atoms with Crippen molar-refractivity contribution in [3.05, 3.63) is 119 Å². The molecule has 6 rings (SSSR count). The first-order chi connectivity index (χ1) is 22.9. The summed E-state index contributed by atoms with van der Waals surface area (Å²) in [4.78, 5) is 39.0. The number of nitro groups is 2. The molecule has 0 aliphatic carbocycles. The molecule has 4 heterocycles. The third-order valence-electron chi connectivity index (χ3n) is 7.68. The first-order valence-electron chi connectivity index (χ1n) is 13.8. The highest BCUT2D eigenvalue weighted by Crippen LogP contribution is 2.46. The van der Waals surface area contributed by atoms with Crippen molar-refractivity contribution in [2.45, 2.75) is 26.2 Å². The summed E-state index contributed by atoms with van der Waals surface area (Å²) in [6.07, 6.45) is -0.415. The number of nitro benzene ring substituents is 2. The van der Waals surface area contributed by atoms with Crippen LogP contribution in [0.3, 0.4) is 0 Å². The van der Waals surface area contributed by atoms with Crippen LogP contribution in [0.4, 0.5) is 28.4 Å². The van der Waals surface area contributed by atoms with Crippen molar-refractivity contribution in [1.29, 1.82) is 10.5 Å². The molecule has 18 heteroatoms. The number of azo groups is 2. The molecule has 0 amide bonds. The van der Waals surface area contributed by atoms with Gasteiger partial charge in [-0.3, -0.25) is 30.0 Å². The molecule has 238 valence electrons. The Kier molecular flexibility index (Phi) is 7.25. The van der Waals surface area contributed by atoms with Crippen LogP contribution in [0.15, 0.2) is 96.7 Å². The fourth-order valence-corrected chi connectivity index (χ4v) is 5.11. The number of likely N-dealkylation sites (N-methyl/N-ethyl adjacent to an activating group) is 1. The predicted molar refractivity (Wildman–Crippen MR) is 162 cm³/mol. The van der Waals surface area contributed by atoms with Crippen LogP contribution in [-0.2, 0) is 11.2 Å². The number of ether oxygens (including phenoxy) is 3. The second-order valence-electron chi connectivity index (χ2n) is 10.6. The number of nitriles is 2. The Hall–Kier alpha value is -7.21. The molecule has 3 aliphatic heterocycles. The van der Waals surface area contributed by atoms with Crippen LogP contribution >= 0.6 is 0 Å². The Morgan fingerprint density at radius 2 is 1.62 bits per heavy atom. The standard InChI is InChI=1S/C30H20N10O8/c1-14-20(12-31)16(3)38(4)29-26(14)37-34-22-9-18(39(42)43)6-5-17(22)11-30(48-29)46-24-8-7-19(40(44)45)10-23(24)35-36-25-15(2)21(13-32)27(41)33-28(25)47-30/h5-10H,3,11H2,1-2,4H3,(H,33,41). The lowest BCUT2D eigenvalue weighted by Gasteiger charge is -2.38. The van der Waals surface area contributed by atoms with Crippen molar-refractivity contribution >= 4 is 28.4 Å². The van der Waals surface area contributed by atoms with Crippen LogP contribution in [0.1, 0.15) is 23.6 Å². The van der Waals surface area contributed by atoms with Crippen molar-refractivity contribution in [2.24, 2.45) is 20.5 Å². The lowest BCUT2D eigenvalue weighted by Crippen LogP contribution is -2.49. The van der Waals surface area contributed by atoms with Crippen molar-refractivity contribution in [3.8, 4) is 23.8 Å². The van der Waals surface area contributed by atoms with Crippen LogP contribution in [0.25, 0.3) is 0 Å². The van der Waals surface area contributed by atoms with Gasteiger partial charge in [-0.05, 0) is 31.5 Å². The highest BCUT2D eigenvalue weighted by molar-refractivity contribution is 5.63. The van der Waals surface area contributed by atoms with Crippen LogP contribution in [0.5, 0.6) is 11.6 Å². The fourth-order valence-electron chi connectivity index (χ4n) is 5.11. The summed E-state index contributed by atoms with van der Waals surface area (Å²) in [5.74, 6) is -2.96. The first kappa shape index (κ1) is 30.8. The molecule has 1 atom stereocenters. The van der Waals surface area contributed by atoms with E-state index in [0.717, 1.165) is 12.1 Å².